The number of nitrogen functional groups attached to an aromatic ring is 1. The standard InChI is InChI=1S/C11H6Cl2N4O2S/c12-4-1-2-5-6(3-4)20-8(7(5)13)11(18)15-10-9(14)16-19-17-10/h1-3H,(H2,14,16)(H,15,17,18). The van der Waals surface area contributed by atoms with Gasteiger partial charge in [-0.3, -0.25) is 10.1 Å². The summed E-state index contributed by atoms with van der Waals surface area (Å²) in [6.45, 7) is 0. The number of thiophene rings is 1. The van der Waals surface area contributed by atoms with Crippen molar-refractivity contribution in [3.8, 4) is 0 Å². The molecule has 102 valence electrons. The van der Waals surface area contributed by atoms with E-state index in [9.17, 15) is 4.79 Å². The molecule has 0 saturated carbocycles. The lowest BCUT2D eigenvalue weighted by molar-refractivity contribution is 0.103. The summed E-state index contributed by atoms with van der Waals surface area (Å²) in [6, 6.07) is 5.22. The number of carbonyl (C=O) groups excluding carboxylic acids is 1. The predicted molar refractivity (Wildman–Crippen MR) is 78.5 cm³/mol. The summed E-state index contributed by atoms with van der Waals surface area (Å²) in [6.07, 6.45) is 0. The maximum Gasteiger partial charge on any atom is 0.268 e. The van der Waals surface area contributed by atoms with Crippen LogP contribution in [-0.2, 0) is 0 Å². The molecule has 3 aromatic rings. The van der Waals surface area contributed by atoms with E-state index in [-0.39, 0.29) is 11.6 Å². The molecule has 1 amide bonds. The molecule has 3 rings (SSSR count). The van der Waals surface area contributed by atoms with Crippen LogP contribution in [0.5, 0.6) is 0 Å². The van der Waals surface area contributed by atoms with E-state index in [4.69, 9.17) is 28.9 Å². The highest BCUT2D eigenvalue weighted by Crippen LogP contribution is 2.37. The average Bonchev–Trinajstić information content (AvgIpc) is 2.94. The Morgan fingerprint density at radius 3 is 2.85 bits per heavy atom. The van der Waals surface area contributed by atoms with Gasteiger partial charge in [0.2, 0.25) is 11.6 Å². The minimum atomic E-state index is -0.435. The zero-order valence-corrected chi connectivity index (χ0v) is 12.0. The molecule has 0 spiro atoms. The van der Waals surface area contributed by atoms with Crippen LogP contribution < -0.4 is 11.1 Å². The van der Waals surface area contributed by atoms with Crippen LogP contribution in [0.1, 0.15) is 9.67 Å². The molecule has 0 saturated heterocycles. The molecule has 3 N–H and O–H groups in total. The van der Waals surface area contributed by atoms with Gasteiger partial charge in [0.05, 0.1) is 5.02 Å². The fourth-order valence-corrected chi connectivity index (χ4v) is 3.32. The van der Waals surface area contributed by atoms with Gasteiger partial charge in [-0.05, 0) is 22.4 Å². The molecule has 6 nitrogen and oxygen atoms in total. The predicted octanol–water partition coefficient (Wildman–Crippen LogP) is 3.43. The van der Waals surface area contributed by atoms with Gasteiger partial charge in [0.15, 0.2) is 0 Å². The van der Waals surface area contributed by atoms with Crippen molar-refractivity contribution in [3.05, 3.63) is 33.1 Å². The molecule has 20 heavy (non-hydrogen) atoms. The number of nitrogens with two attached hydrogens (primary N) is 1. The zero-order valence-electron chi connectivity index (χ0n) is 9.68. The summed E-state index contributed by atoms with van der Waals surface area (Å²) in [7, 11) is 0. The molecule has 0 radical (unpaired) electrons. The number of halogens is 2. The Morgan fingerprint density at radius 1 is 1.35 bits per heavy atom. The number of rotatable bonds is 2. The normalized spacial score (nSPS) is 10.9. The van der Waals surface area contributed by atoms with E-state index < -0.39 is 5.91 Å². The number of aromatic nitrogens is 2. The lowest BCUT2D eigenvalue weighted by atomic mass is 10.2. The second kappa shape index (κ2) is 4.93. The van der Waals surface area contributed by atoms with Gasteiger partial charge >= 0.3 is 0 Å². The third-order valence-corrected chi connectivity index (χ3v) is 4.43. The molecule has 0 aliphatic carbocycles. The summed E-state index contributed by atoms with van der Waals surface area (Å²) in [5, 5.41) is 11.0. The number of anilines is 2. The van der Waals surface area contributed by atoms with Crippen molar-refractivity contribution in [2.45, 2.75) is 0 Å². The molecular formula is C11H6Cl2N4O2S. The largest absolute Gasteiger partial charge is 0.378 e. The van der Waals surface area contributed by atoms with Crippen molar-refractivity contribution >= 4 is 62.2 Å². The maximum atomic E-state index is 12.2. The quantitative estimate of drug-likeness (QED) is 0.751. The van der Waals surface area contributed by atoms with Crippen LogP contribution in [0, 0.1) is 0 Å². The molecule has 2 aromatic heterocycles. The second-order valence-electron chi connectivity index (χ2n) is 3.84. The van der Waals surface area contributed by atoms with Gasteiger partial charge in [-0.2, -0.15) is 0 Å². The highest BCUT2D eigenvalue weighted by atomic mass is 35.5. The molecule has 2 heterocycles. The maximum absolute atomic E-state index is 12.2. The number of nitrogens with zero attached hydrogens (tertiary/aromatic N) is 2. The Labute approximate surface area is 126 Å². The number of hydrogen-bond donors (Lipinski definition) is 2. The van der Waals surface area contributed by atoms with Crippen LogP contribution in [0.3, 0.4) is 0 Å². The van der Waals surface area contributed by atoms with Gasteiger partial charge in [0.1, 0.15) is 4.88 Å². The fraction of sp³-hybridized carbons (Fsp3) is 0. The van der Waals surface area contributed by atoms with Crippen LogP contribution in [0.15, 0.2) is 22.8 Å². The third-order valence-electron chi connectivity index (χ3n) is 2.54. The summed E-state index contributed by atoms with van der Waals surface area (Å²) >= 11 is 13.3. The minimum absolute atomic E-state index is 0.00127. The number of amides is 1. The molecular weight excluding hydrogens is 323 g/mol. The monoisotopic (exact) mass is 328 g/mol. The van der Waals surface area contributed by atoms with Gasteiger partial charge in [0.25, 0.3) is 5.91 Å². The number of hydrogen-bond acceptors (Lipinski definition) is 6. The van der Waals surface area contributed by atoms with E-state index in [0.29, 0.717) is 14.9 Å². The van der Waals surface area contributed by atoms with Crippen molar-refractivity contribution < 1.29 is 9.42 Å². The SMILES string of the molecule is Nc1nonc1NC(=O)c1sc2cc(Cl)ccc2c1Cl. The first-order valence-electron chi connectivity index (χ1n) is 5.33. The van der Waals surface area contributed by atoms with Gasteiger partial charge in [-0.1, -0.05) is 29.3 Å². The highest BCUT2D eigenvalue weighted by molar-refractivity contribution is 7.21. The molecule has 0 bridgehead atoms. The van der Waals surface area contributed by atoms with Gasteiger partial charge in [-0.15, -0.1) is 11.3 Å². The Balaban J connectivity index is 1.99. The molecule has 0 fully saturated rings. The topological polar surface area (TPSA) is 94.0 Å². The molecule has 1 aromatic carbocycles. The van der Waals surface area contributed by atoms with Crippen molar-refractivity contribution in [1.29, 1.82) is 0 Å². The van der Waals surface area contributed by atoms with Crippen LogP contribution in [0.25, 0.3) is 10.1 Å². The summed E-state index contributed by atoms with van der Waals surface area (Å²) in [5.74, 6) is -0.380. The smallest absolute Gasteiger partial charge is 0.268 e. The van der Waals surface area contributed by atoms with E-state index in [2.05, 4.69) is 20.3 Å². The summed E-state index contributed by atoms with van der Waals surface area (Å²) < 4.78 is 5.22. The Bertz CT molecular complexity index is 814. The van der Waals surface area contributed by atoms with Crippen molar-refractivity contribution in [3.63, 3.8) is 0 Å². The van der Waals surface area contributed by atoms with Crippen LogP contribution in [-0.4, -0.2) is 16.2 Å². The van der Waals surface area contributed by atoms with E-state index in [1.54, 1.807) is 18.2 Å². The minimum Gasteiger partial charge on any atom is -0.378 e. The van der Waals surface area contributed by atoms with Gasteiger partial charge in [0, 0.05) is 15.1 Å². The first kappa shape index (κ1) is 13.2. The van der Waals surface area contributed by atoms with Crippen LogP contribution in [0.2, 0.25) is 10.0 Å². The number of carbonyl (C=O) groups is 1. The summed E-state index contributed by atoms with van der Waals surface area (Å²) in [4.78, 5) is 12.5. The van der Waals surface area contributed by atoms with E-state index in [1.165, 1.54) is 11.3 Å². The molecule has 0 unspecified atom stereocenters. The van der Waals surface area contributed by atoms with E-state index in [0.717, 1.165) is 10.1 Å². The molecule has 0 aliphatic heterocycles. The van der Waals surface area contributed by atoms with Crippen molar-refractivity contribution in [1.82, 2.24) is 10.3 Å². The number of nitrogens with one attached hydrogen (secondary N) is 1. The number of benzene rings is 1. The van der Waals surface area contributed by atoms with Crippen LogP contribution in [0.4, 0.5) is 11.6 Å². The van der Waals surface area contributed by atoms with Crippen molar-refractivity contribution in [2.24, 2.45) is 0 Å². The van der Waals surface area contributed by atoms with Gasteiger partial charge < -0.3 is 5.73 Å². The molecule has 0 aliphatic rings. The lowest BCUT2D eigenvalue weighted by Crippen LogP contribution is -2.12. The van der Waals surface area contributed by atoms with Gasteiger partial charge in [-0.25, -0.2) is 4.63 Å². The average molecular weight is 329 g/mol. The first-order chi connectivity index (χ1) is 9.56. The second-order valence-corrected chi connectivity index (χ2v) is 5.70. The van der Waals surface area contributed by atoms with E-state index >= 15 is 0 Å². The lowest BCUT2D eigenvalue weighted by Gasteiger charge is -1.98. The highest BCUT2D eigenvalue weighted by Gasteiger charge is 2.19. The summed E-state index contributed by atoms with van der Waals surface area (Å²) in [5.41, 5.74) is 5.47. The molecule has 0 atom stereocenters. The zero-order chi connectivity index (χ0) is 14.3. The van der Waals surface area contributed by atoms with Crippen molar-refractivity contribution in [2.75, 3.05) is 11.1 Å². The Hall–Kier alpha value is -1.83. The molecule has 9 heteroatoms. The Morgan fingerprint density at radius 2 is 2.15 bits per heavy atom. The number of fused-ring (bicyclic) bond motifs is 1. The third kappa shape index (κ3) is 2.20. The van der Waals surface area contributed by atoms with Crippen LogP contribution >= 0.6 is 34.5 Å². The Kier molecular flexibility index (Phi) is 3.25. The first-order valence-corrected chi connectivity index (χ1v) is 6.90. The fourth-order valence-electron chi connectivity index (χ4n) is 1.63. The van der Waals surface area contributed by atoms with E-state index in [1.807, 2.05) is 0 Å².